The zero-order valence-corrected chi connectivity index (χ0v) is 20.4. The van der Waals surface area contributed by atoms with Crippen molar-refractivity contribution in [2.45, 2.75) is 56.2 Å². The molecule has 5 rings (SSSR count). The number of amides is 3. The molecule has 2 saturated heterocycles. The smallest absolute Gasteiger partial charge is 0.262 e. The maximum Gasteiger partial charge on any atom is 0.262 e. The lowest BCUT2D eigenvalue weighted by molar-refractivity contribution is -0.121. The third-order valence-corrected chi connectivity index (χ3v) is 8.55. The third kappa shape index (κ3) is 5.30. The van der Waals surface area contributed by atoms with E-state index in [2.05, 4.69) is 20.1 Å². The summed E-state index contributed by atoms with van der Waals surface area (Å²) in [6.45, 7) is 5.29. The number of likely N-dealkylation sites (tertiary alicyclic amines) is 1. The zero-order valence-electron chi connectivity index (χ0n) is 19.6. The Hall–Kier alpha value is -2.39. The fourth-order valence-corrected chi connectivity index (χ4v) is 6.49. The molecular weight excluding hydrogens is 450 g/mol. The maximum atomic E-state index is 12.9. The van der Waals surface area contributed by atoms with Crippen molar-refractivity contribution in [3.05, 3.63) is 29.8 Å². The number of hydrogen-bond donors (Lipinski definition) is 1. The quantitative estimate of drug-likeness (QED) is 0.693. The predicted octanol–water partition coefficient (Wildman–Crippen LogP) is 2.81. The molecule has 9 heteroatoms. The number of thioether (sulfide) groups is 1. The zero-order chi connectivity index (χ0) is 23.5. The summed E-state index contributed by atoms with van der Waals surface area (Å²) in [7, 11) is 0. The van der Waals surface area contributed by atoms with E-state index in [1.165, 1.54) is 37.4 Å². The van der Waals surface area contributed by atoms with E-state index in [9.17, 15) is 14.4 Å². The molecule has 1 unspecified atom stereocenters. The Balaban J connectivity index is 1.09. The van der Waals surface area contributed by atoms with Crippen molar-refractivity contribution >= 4 is 40.3 Å². The highest BCUT2D eigenvalue weighted by atomic mass is 32.2. The summed E-state index contributed by atoms with van der Waals surface area (Å²) in [5.74, 6) is -0.398. The number of carbonyl (C=O) groups is 3. The van der Waals surface area contributed by atoms with E-state index in [-0.39, 0.29) is 24.1 Å². The van der Waals surface area contributed by atoms with Gasteiger partial charge in [-0.15, -0.1) is 0 Å². The molecule has 0 spiro atoms. The van der Waals surface area contributed by atoms with Crippen LogP contribution in [0.1, 0.15) is 55.3 Å². The summed E-state index contributed by atoms with van der Waals surface area (Å²) in [5.41, 5.74) is 1.27. The number of amidine groups is 1. The minimum atomic E-state index is -0.459. The fraction of sp³-hybridized carbons (Fsp3) is 0.600. The summed E-state index contributed by atoms with van der Waals surface area (Å²) in [6.07, 6.45) is 7.58. The van der Waals surface area contributed by atoms with Gasteiger partial charge in [0.05, 0.1) is 0 Å². The van der Waals surface area contributed by atoms with Crippen LogP contribution in [0.2, 0.25) is 0 Å². The second-order valence-corrected chi connectivity index (χ2v) is 10.8. The van der Waals surface area contributed by atoms with Crippen LogP contribution in [0.3, 0.4) is 0 Å². The number of piperazine rings is 1. The first-order valence-electron chi connectivity index (χ1n) is 12.5. The molecule has 182 valence electrons. The molecule has 1 saturated carbocycles. The summed E-state index contributed by atoms with van der Waals surface area (Å²) >= 11 is 1.40. The first-order chi connectivity index (χ1) is 16.6. The highest BCUT2D eigenvalue weighted by Gasteiger charge is 2.34. The average Bonchev–Trinajstić information content (AvgIpc) is 3.63. The molecule has 0 radical (unpaired) electrons. The Morgan fingerprint density at radius 3 is 2.29 bits per heavy atom. The molecule has 34 heavy (non-hydrogen) atoms. The minimum Gasteiger partial charge on any atom is -0.351 e. The van der Waals surface area contributed by atoms with Crippen LogP contribution in [-0.4, -0.2) is 88.1 Å². The number of nitrogens with zero attached hydrogens (tertiary/aromatic N) is 4. The first-order valence-corrected chi connectivity index (χ1v) is 13.4. The molecular formula is C25H33N5O3S. The van der Waals surface area contributed by atoms with Gasteiger partial charge in [-0.1, -0.05) is 24.6 Å². The Bertz CT molecular complexity index is 946. The van der Waals surface area contributed by atoms with Crippen LogP contribution in [0.25, 0.3) is 0 Å². The molecule has 1 N–H and O–H groups in total. The number of carbonyl (C=O) groups excluding carboxylic acids is 3. The van der Waals surface area contributed by atoms with Crippen molar-refractivity contribution < 1.29 is 14.4 Å². The van der Waals surface area contributed by atoms with Gasteiger partial charge in [0, 0.05) is 63.0 Å². The van der Waals surface area contributed by atoms with Gasteiger partial charge < -0.3 is 15.1 Å². The number of benzene rings is 1. The van der Waals surface area contributed by atoms with Gasteiger partial charge in [-0.3, -0.25) is 19.3 Å². The molecule has 3 heterocycles. The Labute approximate surface area is 205 Å². The number of aliphatic imine (C=N–C) groups is 1. The van der Waals surface area contributed by atoms with Crippen molar-refractivity contribution in [3.63, 3.8) is 0 Å². The summed E-state index contributed by atoms with van der Waals surface area (Å²) in [4.78, 5) is 48.5. The molecule has 3 amide bonds. The minimum absolute atomic E-state index is 0.0449. The van der Waals surface area contributed by atoms with Crippen molar-refractivity contribution in [1.29, 1.82) is 0 Å². The van der Waals surface area contributed by atoms with Gasteiger partial charge in [0.25, 0.3) is 11.8 Å². The Morgan fingerprint density at radius 1 is 0.941 bits per heavy atom. The van der Waals surface area contributed by atoms with Crippen LogP contribution >= 0.6 is 11.8 Å². The molecule has 3 fully saturated rings. The van der Waals surface area contributed by atoms with E-state index < -0.39 is 5.25 Å². The molecule has 4 aliphatic rings. The van der Waals surface area contributed by atoms with Gasteiger partial charge >= 0.3 is 0 Å². The second kappa shape index (κ2) is 10.5. The topological polar surface area (TPSA) is 85.3 Å². The van der Waals surface area contributed by atoms with Crippen LogP contribution in [0.15, 0.2) is 29.3 Å². The molecule has 0 bridgehead atoms. The van der Waals surface area contributed by atoms with Gasteiger partial charge in [0.2, 0.25) is 5.91 Å². The predicted molar refractivity (Wildman–Crippen MR) is 134 cm³/mol. The van der Waals surface area contributed by atoms with Gasteiger partial charge in [0.1, 0.15) is 5.25 Å². The highest BCUT2D eigenvalue weighted by Crippen LogP contribution is 2.29. The molecule has 3 aliphatic heterocycles. The van der Waals surface area contributed by atoms with Crippen LogP contribution in [0.4, 0.5) is 5.69 Å². The van der Waals surface area contributed by atoms with E-state index in [0.29, 0.717) is 17.3 Å². The third-order valence-electron chi connectivity index (χ3n) is 7.33. The average molecular weight is 484 g/mol. The van der Waals surface area contributed by atoms with E-state index >= 15 is 0 Å². The number of nitrogens with one attached hydrogen (secondary N) is 1. The lowest BCUT2D eigenvalue weighted by Gasteiger charge is -2.38. The Kier molecular flexibility index (Phi) is 7.20. The molecule has 1 aromatic rings. The van der Waals surface area contributed by atoms with E-state index in [4.69, 9.17) is 0 Å². The first kappa shape index (κ1) is 23.4. The lowest BCUT2D eigenvalue weighted by atomic mass is 10.1. The second-order valence-electron chi connectivity index (χ2n) is 9.63. The van der Waals surface area contributed by atoms with E-state index in [0.717, 1.165) is 57.3 Å². The van der Waals surface area contributed by atoms with Gasteiger partial charge in [-0.25, -0.2) is 0 Å². The molecule has 1 aliphatic carbocycles. The summed E-state index contributed by atoms with van der Waals surface area (Å²) in [6, 6.07) is 7.76. The number of hydrogen-bond acceptors (Lipinski definition) is 6. The fourth-order valence-electron chi connectivity index (χ4n) is 5.37. The largest absolute Gasteiger partial charge is 0.351 e. The van der Waals surface area contributed by atoms with Crippen molar-refractivity contribution in [3.8, 4) is 0 Å². The summed E-state index contributed by atoms with van der Waals surface area (Å²) in [5, 5.41) is 3.15. The molecule has 1 aromatic carbocycles. The van der Waals surface area contributed by atoms with Gasteiger partial charge in [0.15, 0.2) is 5.17 Å². The van der Waals surface area contributed by atoms with Gasteiger partial charge in [-0.2, -0.15) is 4.99 Å². The number of anilines is 1. The maximum absolute atomic E-state index is 12.9. The number of rotatable bonds is 5. The molecule has 0 aromatic heterocycles. The Morgan fingerprint density at radius 2 is 1.62 bits per heavy atom. The van der Waals surface area contributed by atoms with Crippen molar-refractivity contribution in [1.82, 2.24) is 14.7 Å². The van der Waals surface area contributed by atoms with E-state index in [1.807, 2.05) is 4.90 Å². The highest BCUT2D eigenvalue weighted by molar-refractivity contribution is 8.15. The van der Waals surface area contributed by atoms with Crippen LogP contribution in [0.5, 0.6) is 0 Å². The lowest BCUT2D eigenvalue weighted by Crippen LogP contribution is -2.51. The monoisotopic (exact) mass is 483 g/mol. The van der Waals surface area contributed by atoms with Crippen molar-refractivity contribution in [2.75, 3.05) is 44.6 Å². The summed E-state index contributed by atoms with van der Waals surface area (Å²) < 4.78 is 0. The van der Waals surface area contributed by atoms with Gasteiger partial charge in [-0.05, 0) is 49.9 Å². The SMILES string of the molecule is O=C(CC1SC(N2CCCC2)=NC1=O)Nc1ccc(C(=O)N2CCN(C3CCCC3)CC2)cc1. The standard InChI is InChI=1S/C25H33N5O3S/c31-22(17-21-23(32)27-25(34-21)30-11-3-4-12-30)26-19-9-7-18(8-10-19)24(33)29-15-13-28(14-16-29)20-5-1-2-6-20/h7-10,20-21H,1-6,11-17H2,(H,26,31). The molecule has 1 atom stereocenters. The van der Waals surface area contributed by atoms with Crippen LogP contribution < -0.4 is 5.32 Å². The van der Waals surface area contributed by atoms with Crippen LogP contribution in [-0.2, 0) is 9.59 Å². The molecule has 8 nitrogen and oxygen atoms in total. The normalized spacial score (nSPS) is 24.1. The van der Waals surface area contributed by atoms with Crippen LogP contribution in [0, 0.1) is 0 Å². The van der Waals surface area contributed by atoms with Crippen molar-refractivity contribution in [2.24, 2.45) is 4.99 Å². The van der Waals surface area contributed by atoms with E-state index in [1.54, 1.807) is 24.3 Å².